The summed E-state index contributed by atoms with van der Waals surface area (Å²) in [5, 5.41) is 0. The Morgan fingerprint density at radius 1 is 1.28 bits per heavy atom. The van der Waals surface area contributed by atoms with Gasteiger partial charge in [-0.2, -0.15) is 0 Å². The van der Waals surface area contributed by atoms with E-state index in [1.54, 1.807) is 5.57 Å². The molecule has 0 aromatic carbocycles. The Morgan fingerprint density at radius 3 is 2.94 bits per heavy atom. The molecule has 0 aliphatic carbocycles. The van der Waals surface area contributed by atoms with Gasteiger partial charge in [0.25, 0.3) is 0 Å². The minimum atomic E-state index is 0.591. The van der Waals surface area contributed by atoms with Gasteiger partial charge in [0.2, 0.25) is 0 Å². The Hall–Kier alpha value is -1.35. The molecule has 0 saturated carbocycles. The average Bonchev–Trinajstić information content (AvgIpc) is 2.90. The minimum Gasteiger partial charge on any atom is -0.350 e. The second-order valence-electron chi connectivity index (χ2n) is 5.33. The fourth-order valence-electron chi connectivity index (χ4n) is 3.04. The first-order chi connectivity index (χ1) is 8.84. The maximum atomic E-state index is 4.51. The Kier molecular flexibility index (Phi) is 3.33. The van der Waals surface area contributed by atoms with Gasteiger partial charge in [-0.25, -0.2) is 4.98 Å². The van der Waals surface area contributed by atoms with Crippen LogP contribution >= 0.6 is 0 Å². The summed E-state index contributed by atoms with van der Waals surface area (Å²) in [6.07, 6.45) is 8.11. The van der Waals surface area contributed by atoms with Gasteiger partial charge in [0.15, 0.2) is 0 Å². The quantitative estimate of drug-likeness (QED) is 0.743. The maximum absolute atomic E-state index is 4.51. The molecule has 1 atom stereocenters. The van der Waals surface area contributed by atoms with Crippen LogP contribution in [0.2, 0.25) is 0 Å². The molecule has 3 heteroatoms. The molecule has 0 bridgehead atoms. The lowest BCUT2D eigenvalue weighted by Crippen LogP contribution is -2.35. The van der Waals surface area contributed by atoms with Gasteiger partial charge in [-0.1, -0.05) is 12.1 Å². The van der Waals surface area contributed by atoms with Crippen LogP contribution in [0.5, 0.6) is 0 Å². The topological polar surface area (TPSA) is 19.4 Å². The van der Waals surface area contributed by atoms with Crippen LogP contribution < -0.4 is 4.90 Å². The lowest BCUT2D eigenvalue weighted by Gasteiger charge is -2.31. The predicted molar refractivity (Wildman–Crippen MR) is 74.8 cm³/mol. The highest BCUT2D eigenvalue weighted by molar-refractivity contribution is 5.44. The molecule has 18 heavy (non-hydrogen) atoms. The van der Waals surface area contributed by atoms with E-state index in [0.29, 0.717) is 6.04 Å². The number of likely N-dealkylation sites (N-methyl/N-ethyl adjacent to an activating group) is 1. The molecule has 1 aromatic heterocycles. The number of anilines is 1. The molecule has 1 saturated heterocycles. The minimum absolute atomic E-state index is 0.591. The first-order valence-corrected chi connectivity index (χ1v) is 6.90. The van der Waals surface area contributed by atoms with E-state index in [4.69, 9.17) is 0 Å². The molecule has 96 valence electrons. The lowest BCUT2D eigenvalue weighted by molar-refractivity contribution is 0.353. The highest BCUT2D eigenvalue weighted by Crippen LogP contribution is 2.30. The maximum Gasteiger partial charge on any atom is 0.128 e. The summed E-state index contributed by atoms with van der Waals surface area (Å²) in [6.45, 7) is 3.44. The van der Waals surface area contributed by atoms with E-state index in [1.165, 1.54) is 25.8 Å². The van der Waals surface area contributed by atoms with Gasteiger partial charge in [0, 0.05) is 25.8 Å². The van der Waals surface area contributed by atoms with Gasteiger partial charge in [-0.05, 0) is 44.0 Å². The van der Waals surface area contributed by atoms with Crippen molar-refractivity contribution in [3.05, 3.63) is 36.0 Å². The predicted octanol–water partition coefficient (Wildman–Crippen LogP) is 2.31. The molecule has 0 amide bonds. The second kappa shape index (κ2) is 5.11. The molecule has 3 nitrogen and oxygen atoms in total. The monoisotopic (exact) mass is 243 g/mol. The average molecular weight is 243 g/mol. The van der Waals surface area contributed by atoms with Crippen LogP contribution in [-0.2, 0) is 0 Å². The lowest BCUT2D eigenvalue weighted by atomic mass is 9.98. The molecule has 0 N–H and O–H groups in total. The molecular weight excluding hydrogens is 222 g/mol. The molecule has 1 aromatic rings. The van der Waals surface area contributed by atoms with Crippen LogP contribution in [0.25, 0.3) is 0 Å². The molecule has 3 heterocycles. The molecule has 0 unspecified atom stereocenters. The highest BCUT2D eigenvalue weighted by Gasteiger charge is 2.29. The SMILES string of the molecule is CN1CC=C([C@@H]2CCCN2c2ccccn2)CC1. The van der Waals surface area contributed by atoms with Gasteiger partial charge in [0.05, 0.1) is 6.04 Å². The Labute approximate surface area is 109 Å². The van der Waals surface area contributed by atoms with Gasteiger partial charge in [-0.3, -0.25) is 0 Å². The molecule has 2 aliphatic rings. The molecule has 0 spiro atoms. The van der Waals surface area contributed by atoms with Crippen LogP contribution in [-0.4, -0.2) is 42.6 Å². The number of aromatic nitrogens is 1. The van der Waals surface area contributed by atoms with E-state index >= 15 is 0 Å². The Morgan fingerprint density at radius 2 is 2.22 bits per heavy atom. The van der Waals surface area contributed by atoms with E-state index < -0.39 is 0 Å². The van der Waals surface area contributed by atoms with Crippen molar-refractivity contribution in [2.45, 2.75) is 25.3 Å². The molecular formula is C15H21N3. The first-order valence-electron chi connectivity index (χ1n) is 6.90. The standard InChI is InChI=1S/C15H21N3/c1-17-11-7-13(8-12-17)14-5-4-10-18(14)15-6-2-3-9-16-15/h2-3,6-7,9,14H,4-5,8,10-12H2,1H3/t14-/m0/s1. The third kappa shape index (κ3) is 2.27. The Bertz CT molecular complexity index is 427. The molecule has 2 aliphatic heterocycles. The van der Waals surface area contributed by atoms with Crippen LogP contribution in [0.4, 0.5) is 5.82 Å². The smallest absolute Gasteiger partial charge is 0.128 e. The third-order valence-electron chi connectivity index (χ3n) is 4.07. The van der Waals surface area contributed by atoms with Gasteiger partial charge in [0.1, 0.15) is 5.82 Å². The van der Waals surface area contributed by atoms with E-state index in [1.807, 2.05) is 12.3 Å². The number of pyridine rings is 1. The number of hydrogen-bond donors (Lipinski definition) is 0. The normalized spacial score (nSPS) is 25.3. The number of nitrogens with zero attached hydrogens (tertiary/aromatic N) is 3. The van der Waals surface area contributed by atoms with E-state index in [9.17, 15) is 0 Å². The molecule has 0 radical (unpaired) electrons. The summed E-state index contributed by atoms with van der Waals surface area (Å²) < 4.78 is 0. The van der Waals surface area contributed by atoms with E-state index in [-0.39, 0.29) is 0 Å². The molecule has 3 rings (SSSR count). The Balaban J connectivity index is 1.80. The zero-order chi connectivity index (χ0) is 12.4. The number of hydrogen-bond acceptors (Lipinski definition) is 3. The van der Waals surface area contributed by atoms with Gasteiger partial charge < -0.3 is 9.80 Å². The van der Waals surface area contributed by atoms with Crippen molar-refractivity contribution >= 4 is 5.82 Å². The van der Waals surface area contributed by atoms with Crippen LogP contribution in [0.1, 0.15) is 19.3 Å². The van der Waals surface area contributed by atoms with Crippen molar-refractivity contribution in [3.8, 4) is 0 Å². The van der Waals surface area contributed by atoms with Crippen molar-refractivity contribution in [2.75, 3.05) is 31.6 Å². The summed E-state index contributed by atoms with van der Waals surface area (Å²) in [4.78, 5) is 9.37. The van der Waals surface area contributed by atoms with E-state index in [2.05, 4.69) is 40.0 Å². The summed E-state index contributed by atoms with van der Waals surface area (Å²) in [5.41, 5.74) is 1.62. The van der Waals surface area contributed by atoms with Crippen molar-refractivity contribution in [1.82, 2.24) is 9.88 Å². The summed E-state index contributed by atoms with van der Waals surface area (Å²) >= 11 is 0. The largest absolute Gasteiger partial charge is 0.350 e. The number of rotatable bonds is 2. The van der Waals surface area contributed by atoms with Crippen molar-refractivity contribution in [2.24, 2.45) is 0 Å². The summed E-state index contributed by atoms with van der Waals surface area (Å²) in [5.74, 6) is 1.14. The molecule has 1 fully saturated rings. The van der Waals surface area contributed by atoms with Gasteiger partial charge >= 0.3 is 0 Å². The summed E-state index contributed by atoms with van der Waals surface area (Å²) in [6, 6.07) is 6.80. The van der Waals surface area contributed by atoms with Crippen LogP contribution in [0.15, 0.2) is 36.0 Å². The van der Waals surface area contributed by atoms with Gasteiger partial charge in [-0.15, -0.1) is 0 Å². The first kappa shape index (κ1) is 11.7. The van der Waals surface area contributed by atoms with Crippen molar-refractivity contribution in [3.63, 3.8) is 0 Å². The highest BCUT2D eigenvalue weighted by atomic mass is 15.2. The second-order valence-corrected chi connectivity index (χ2v) is 5.33. The zero-order valence-electron chi connectivity index (χ0n) is 11.0. The third-order valence-corrected chi connectivity index (χ3v) is 4.07. The zero-order valence-corrected chi connectivity index (χ0v) is 11.0. The van der Waals surface area contributed by atoms with Crippen molar-refractivity contribution < 1.29 is 0 Å². The van der Waals surface area contributed by atoms with Crippen LogP contribution in [0.3, 0.4) is 0 Å². The van der Waals surface area contributed by atoms with Crippen molar-refractivity contribution in [1.29, 1.82) is 0 Å². The van der Waals surface area contributed by atoms with Crippen LogP contribution in [0, 0.1) is 0 Å². The summed E-state index contributed by atoms with van der Waals surface area (Å²) in [7, 11) is 2.19. The fraction of sp³-hybridized carbons (Fsp3) is 0.533. The fourth-order valence-corrected chi connectivity index (χ4v) is 3.04. The van der Waals surface area contributed by atoms with E-state index in [0.717, 1.165) is 18.9 Å².